The molecule has 0 atom stereocenters. The highest BCUT2D eigenvalue weighted by Gasteiger charge is 2.30. The topological polar surface area (TPSA) is 72.6 Å². The molecular formula is C13H28N2O3S. The quantitative estimate of drug-likeness (QED) is 0.651. The third kappa shape index (κ3) is 5.77. The summed E-state index contributed by atoms with van der Waals surface area (Å²) in [5, 5.41) is 0. The fourth-order valence-electron chi connectivity index (χ4n) is 2.59. The van der Waals surface area contributed by atoms with Crippen LogP contribution in [0.1, 0.15) is 45.4 Å². The molecule has 5 nitrogen and oxygen atoms in total. The van der Waals surface area contributed by atoms with Crippen molar-refractivity contribution in [2.75, 3.05) is 32.1 Å². The zero-order chi connectivity index (χ0) is 14.1. The number of nitrogens with two attached hydrogens (primary N) is 1. The molecule has 114 valence electrons. The van der Waals surface area contributed by atoms with Crippen molar-refractivity contribution in [2.45, 2.75) is 51.5 Å². The summed E-state index contributed by atoms with van der Waals surface area (Å²) in [5.41, 5.74) is 5.53. The summed E-state index contributed by atoms with van der Waals surface area (Å²) in [6, 6.07) is 0.173. The van der Waals surface area contributed by atoms with Gasteiger partial charge in [0.25, 0.3) is 0 Å². The minimum absolute atomic E-state index is 0.0852. The second-order valence-corrected chi connectivity index (χ2v) is 7.10. The average Bonchev–Trinajstić information content (AvgIpc) is 2.40. The Morgan fingerprint density at radius 2 is 1.95 bits per heavy atom. The van der Waals surface area contributed by atoms with E-state index in [4.69, 9.17) is 10.5 Å². The summed E-state index contributed by atoms with van der Waals surface area (Å²) in [7, 11) is -3.21. The molecule has 0 radical (unpaired) electrons. The number of ether oxygens (including phenoxy) is 1. The minimum Gasteiger partial charge on any atom is -0.381 e. The Labute approximate surface area is 117 Å². The van der Waals surface area contributed by atoms with Gasteiger partial charge in [-0.2, -0.15) is 4.31 Å². The van der Waals surface area contributed by atoms with E-state index in [-0.39, 0.29) is 18.4 Å². The van der Waals surface area contributed by atoms with Crippen LogP contribution >= 0.6 is 0 Å². The summed E-state index contributed by atoms with van der Waals surface area (Å²) in [6.45, 7) is 3.80. The summed E-state index contributed by atoms with van der Waals surface area (Å²) in [5.74, 6) is 0.0852. The lowest BCUT2D eigenvalue weighted by molar-refractivity contribution is 0.161. The van der Waals surface area contributed by atoms with Crippen molar-refractivity contribution < 1.29 is 13.2 Å². The molecule has 0 spiro atoms. The van der Waals surface area contributed by atoms with Gasteiger partial charge in [-0.1, -0.05) is 19.3 Å². The van der Waals surface area contributed by atoms with Crippen molar-refractivity contribution in [1.29, 1.82) is 0 Å². The molecule has 0 amide bonds. The van der Waals surface area contributed by atoms with E-state index in [1.54, 1.807) is 4.31 Å². The zero-order valence-corrected chi connectivity index (χ0v) is 12.8. The molecule has 0 unspecified atom stereocenters. The van der Waals surface area contributed by atoms with Crippen LogP contribution in [0.2, 0.25) is 0 Å². The highest BCUT2D eigenvalue weighted by atomic mass is 32.2. The smallest absolute Gasteiger partial charge is 0.216 e. The molecule has 0 aliphatic heterocycles. The van der Waals surface area contributed by atoms with E-state index < -0.39 is 10.0 Å². The van der Waals surface area contributed by atoms with E-state index in [2.05, 4.69) is 0 Å². The molecule has 1 saturated carbocycles. The van der Waals surface area contributed by atoms with Crippen LogP contribution in [0.15, 0.2) is 0 Å². The van der Waals surface area contributed by atoms with Gasteiger partial charge < -0.3 is 10.5 Å². The third-order valence-corrected chi connectivity index (χ3v) is 5.49. The maximum atomic E-state index is 12.4. The van der Waals surface area contributed by atoms with Crippen molar-refractivity contribution in [3.63, 3.8) is 0 Å². The van der Waals surface area contributed by atoms with Crippen LogP contribution in [0.5, 0.6) is 0 Å². The van der Waals surface area contributed by atoms with E-state index in [1.807, 2.05) is 6.92 Å². The predicted octanol–water partition coefficient (Wildman–Crippen LogP) is 1.34. The monoisotopic (exact) mass is 292 g/mol. The van der Waals surface area contributed by atoms with Crippen LogP contribution in [-0.4, -0.2) is 50.8 Å². The Bertz CT molecular complexity index is 327. The fourth-order valence-corrected chi connectivity index (χ4v) is 4.23. The van der Waals surface area contributed by atoms with Crippen LogP contribution in [0, 0.1) is 0 Å². The lowest BCUT2D eigenvalue weighted by Crippen LogP contribution is -2.44. The maximum Gasteiger partial charge on any atom is 0.216 e. The lowest BCUT2D eigenvalue weighted by atomic mass is 9.95. The van der Waals surface area contributed by atoms with Crippen LogP contribution in [0.25, 0.3) is 0 Å². The van der Waals surface area contributed by atoms with Crippen molar-refractivity contribution in [1.82, 2.24) is 4.31 Å². The lowest BCUT2D eigenvalue weighted by Gasteiger charge is -2.33. The molecule has 0 bridgehead atoms. The van der Waals surface area contributed by atoms with E-state index >= 15 is 0 Å². The van der Waals surface area contributed by atoms with Crippen LogP contribution in [0.3, 0.4) is 0 Å². The highest BCUT2D eigenvalue weighted by Crippen LogP contribution is 2.25. The second-order valence-electron chi connectivity index (χ2n) is 5.06. The van der Waals surface area contributed by atoms with Crippen molar-refractivity contribution in [2.24, 2.45) is 5.73 Å². The van der Waals surface area contributed by atoms with Crippen LogP contribution < -0.4 is 5.73 Å². The van der Waals surface area contributed by atoms with E-state index in [1.165, 1.54) is 6.42 Å². The molecule has 0 saturated heterocycles. The molecule has 0 aromatic heterocycles. The molecule has 1 aliphatic carbocycles. The summed E-state index contributed by atoms with van der Waals surface area (Å²) in [4.78, 5) is 0. The molecule has 1 fully saturated rings. The predicted molar refractivity (Wildman–Crippen MR) is 77.5 cm³/mol. The Balaban J connectivity index is 2.64. The van der Waals surface area contributed by atoms with Gasteiger partial charge in [-0.3, -0.25) is 0 Å². The van der Waals surface area contributed by atoms with Gasteiger partial charge in [-0.25, -0.2) is 8.42 Å². The largest absolute Gasteiger partial charge is 0.381 e. The van der Waals surface area contributed by atoms with Crippen molar-refractivity contribution >= 4 is 10.0 Å². The van der Waals surface area contributed by atoms with Crippen LogP contribution in [0.4, 0.5) is 0 Å². The fraction of sp³-hybridized carbons (Fsp3) is 1.00. The van der Waals surface area contributed by atoms with Gasteiger partial charge in [0.1, 0.15) is 0 Å². The van der Waals surface area contributed by atoms with Gasteiger partial charge in [0.05, 0.1) is 12.4 Å². The maximum absolute atomic E-state index is 12.4. The number of sulfonamides is 1. The van der Waals surface area contributed by atoms with Gasteiger partial charge in [0.15, 0.2) is 0 Å². The third-order valence-electron chi connectivity index (χ3n) is 3.61. The Hall–Kier alpha value is -0.170. The van der Waals surface area contributed by atoms with E-state index in [9.17, 15) is 8.42 Å². The highest BCUT2D eigenvalue weighted by molar-refractivity contribution is 7.89. The Kier molecular flexibility index (Phi) is 7.90. The van der Waals surface area contributed by atoms with Gasteiger partial charge in [0, 0.05) is 19.2 Å². The average molecular weight is 292 g/mol. The molecule has 1 aliphatic rings. The first-order chi connectivity index (χ1) is 9.11. The summed E-state index contributed by atoms with van der Waals surface area (Å²) in [6.07, 6.45) is 6.18. The first-order valence-corrected chi connectivity index (χ1v) is 9.00. The van der Waals surface area contributed by atoms with Gasteiger partial charge in [-0.15, -0.1) is 0 Å². The summed E-state index contributed by atoms with van der Waals surface area (Å²) >= 11 is 0. The van der Waals surface area contributed by atoms with Crippen LogP contribution in [-0.2, 0) is 14.8 Å². The molecule has 19 heavy (non-hydrogen) atoms. The molecule has 0 aromatic carbocycles. The van der Waals surface area contributed by atoms with Gasteiger partial charge in [-0.05, 0) is 32.7 Å². The Morgan fingerprint density at radius 3 is 2.53 bits per heavy atom. The molecule has 0 aromatic rings. The minimum atomic E-state index is -3.21. The van der Waals surface area contributed by atoms with E-state index in [0.29, 0.717) is 19.7 Å². The number of nitrogens with zero attached hydrogens (tertiary/aromatic N) is 1. The first-order valence-electron chi connectivity index (χ1n) is 7.39. The van der Waals surface area contributed by atoms with Gasteiger partial charge >= 0.3 is 0 Å². The first kappa shape index (κ1) is 16.9. The molecule has 6 heteroatoms. The molecular weight excluding hydrogens is 264 g/mol. The normalized spacial score (nSPS) is 18.1. The van der Waals surface area contributed by atoms with Crippen molar-refractivity contribution in [3.8, 4) is 0 Å². The molecule has 1 rings (SSSR count). The number of hydrogen-bond acceptors (Lipinski definition) is 4. The molecule has 2 N–H and O–H groups in total. The summed E-state index contributed by atoms with van der Waals surface area (Å²) < 4.78 is 31.7. The number of hydrogen-bond donors (Lipinski definition) is 1. The Morgan fingerprint density at radius 1 is 1.26 bits per heavy atom. The van der Waals surface area contributed by atoms with Gasteiger partial charge in [0.2, 0.25) is 10.0 Å². The zero-order valence-electron chi connectivity index (χ0n) is 12.0. The van der Waals surface area contributed by atoms with Crippen molar-refractivity contribution in [3.05, 3.63) is 0 Å². The van der Waals surface area contributed by atoms with E-state index in [0.717, 1.165) is 32.1 Å². The second kappa shape index (κ2) is 8.89. The standard InChI is InChI=1S/C13H28N2O3S/c1-2-18-11-12-19(16,17)15(10-6-9-14)13-7-4-3-5-8-13/h13H,2-12,14H2,1H3. The number of rotatable bonds is 9. The molecule has 0 heterocycles. The SMILES string of the molecule is CCOCCS(=O)(=O)N(CCCN)C1CCCCC1.